The molecule has 0 aliphatic rings. The minimum Gasteiger partial charge on any atom is -0.478 e. The fraction of sp³-hybridized carbons (Fsp3) is 0.200. The highest BCUT2D eigenvalue weighted by atomic mass is 79.9. The molecule has 0 radical (unpaired) electrons. The predicted octanol–water partition coefficient (Wildman–Crippen LogP) is 2.64. The number of carbonyl (C=O) groups is 2. The van der Waals surface area contributed by atoms with Crippen molar-refractivity contribution in [3.63, 3.8) is 0 Å². The molecule has 1 N–H and O–H groups in total. The summed E-state index contributed by atoms with van der Waals surface area (Å²) < 4.78 is 0. The van der Waals surface area contributed by atoms with Crippen LogP contribution < -0.4 is 0 Å². The molecule has 0 bridgehead atoms. The Morgan fingerprint density at radius 1 is 1.47 bits per heavy atom. The fourth-order valence-corrected chi connectivity index (χ4v) is 1.72. The Kier molecular flexibility index (Phi) is 3.93. The topological polar surface area (TPSA) is 54.4 Å². The van der Waals surface area contributed by atoms with E-state index in [2.05, 4.69) is 28.6 Å². The highest BCUT2D eigenvalue weighted by Gasteiger charge is 2.21. The second-order valence-corrected chi connectivity index (χ2v) is 4.84. The Labute approximate surface area is 101 Å². The Hall–Kier alpha value is -0.810. The van der Waals surface area contributed by atoms with Gasteiger partial charge in [-0.25, -0.2) is 4.79 Å². The minimum absolute atomic E-state index is 0.0150. The summed E-state index contributed by atoms with van der Waals surface area (Å²) in [7, 11) is 0. The van der Waals surface area contributed by atoms with Gasteiger partial charge in [-0.2, -0.15) is 0 Å². The molecule has 0 fully saturated rings. The normalized spacial score (nSPS) is 12.2. The van der Waals surface area contributed by atoms with E-state index in [9.17, 15) is 9.59 Å². The number of thiol groups is 1. The molecule has 1 unspecified atom stereocenters. The minimum atomic E-state index is -1.12. The smallest absolute Gasteiger partial charge is 0.336 e. The zero-order valence-corrected chi connectivity index (χ0v) is 10.4. The van der Waals surface area contributed by atoms with Crippen LogP contribution in [0.3, 0.4) is 0 Å². The van der Waals surface area contributed by atoms with Gasteiger partial charge in [-0.1, -0.05) is 22.0 Å². The van der Waals surface area contributed by atoms with Crippen LogP contribution in [0.15, 0.2) is 23.1 Å². The zero-order valence-electron chi connectivity index (χ0n) is 7.90. The van der Waals surface area contributed by atoms with Crippen LogP contribution in [-0.4, -0.2) is 21.7 Å². The molecule has 1 rings (SSSR count). The van der Waals surface area contributed by atoms with Gasteiger partial charge in [0.05, 0.1) is 10.4 Å². The first kappa shape index (κ1) is 12.3. The van der Waals surface area contributed by atoms with Crippen molar-refractivity contribution < 1.29 is 14.7 Å². The van der Waals surface area contributed by atoms with Gasteiger partial charge in [0.2, 0.25) is 0 Å². The molecule has 0 aromatic heterocycles. The summed E-state index contributed by atoms with van der Waals surface area (Å²) in [5, 5.41) is 8.92. The van der Waals surface area contributed by atoms with Crippen LogP contribution in [-0.2, 0) is 0 Å². The molecule has 1 aromatic carbocycles. The Morgan fingerprint density at radius 3 is 2.53 bits per heavy atom. The van der Waals surface area contributed by atoms with Crippen molar-refractivity contribution in [3.05, 3.63) is 29.3 Å². The van der Waals surface area contributed by atoms with Gasteiger partial charge in [0, 0.05) is 10.5 Å². The molecule has 3 nitrogen and oxygen atoms in total. The van der Waals surface area contributed by atoms with E-state index in [4.69, 9.17) is 5.11 Å². The Bertz CT molecular complexity index is 415. The van der Waals surface area contributed by atoms with Gasteiger partial charge in [-0.15, -0.1) is 12.6 Å². The third-order valence-electron chi connectivity index (χ3n) is 1.88. The van der Waals surface area contributed by atoms with Crippen molar-refractivity contribution in [1.82, 2.24) is 0 Å². The van der Waals surface area contributed by atoms with Gasteiger partial charge in [0.15, 0.2) is 5.78 Å². The molecule has 0 spiro atoms. The summed E-state index contributed by atoms with van der Waals surface area (Å²) in [6.45, 7) is 1.65. The SMILES string of the molecule is CC(Br)C(=O)c1c(S)cccc1C(=O)O. The predicted molar refractivity (Wildman–Crippen MR) is 63.4 cm³/mol. The number of alkyl halides is 1. The lowest BCUT2D eigenvalue weighted by Gasteiger charge is -2.09. The third kappa shape index (κ3) is 2.60. The van der Waals surface area contributed by atoms with Gasteiger partial charge in [-0.05, 0) is 19.1 Å². The number of carboxylic acids is 1. The number of carboxylic acid groups (broad SMARTS) is 1. The molecule has 0 heterocycles. The first-order valence-electron chi connectivity index (χ1n) is 4.18. The molecule has 1 aromatic rings. The lowest BCUT2D eigenvalue weighted by Crippen LogP contribution is -2.16. The summed E-state index contributed by atoms with van der Waals surface area (Å²) in [5.41, 5.74) is 0.136. The van der Waals surface area contributed by atoms with Crippen LogP contribution in [0.5, 0.6) is 0 Å². The molecule has 0 amide bonds. The van der Waals surface area contributed by atoms with Crippen LogP contribution in [0.4, 0.5) is 0 Å². The van der Waals surface area contributed by atoms with E-state index in [0.717, 1.165) is 0 Å². The zero-order chi connectivity index (χ0) is 11.6. The molecule has 15 heavy (non-hydrogen) atoms. The van der Waals surface area contributed by atoms with E-state index in [1.165, 1.54) is 6.07 Å². The van der Waals surface area contributed by atoms with Crippen LogP contribution in [0.25, 0.3) is 0 Å². The fourth-order valence-electron chi connectivity index (χ4n) is 1.18. The molecule has 5 heteroatoms. The summed E-state index contributed by atoms with van der Waals surface area (Å²) in [5.74, 6) is -1.40. The largest absolute Gasteiger partial charge is 0.478 e. The van der Waals surface area contributed by atoms with Gasteiger partial charge in [0.1, 0.15) is 0 Å². The van der Waals surface area contributed by atoms with Gasteiger partial charge >= 0.3 is 5.97 Å². The molecule has 0 aliphatic heterocycles. The number of rotatable bonds is 3. The quantitative estimate of drug-likeness (QED) is 0.511. The van der Waals surface area contributed by atoms with E-state index in [1.807, 2.05) is 0 Å². The van der Waals surface area contributed by atoms with E-state index in [1.54, 1.807) is 19.1 Å². The highest BCUT2D eigenvalue weighted by Crippen LogP contribution is 2.22. The number of halogens is 1. The van der Waals surface area contributed by atoms with Crippen molar-refractivity contribution in [2.45, 2.75) is 16.6 Å². The number of hydrogen-bond acceptors (Lipinski definition) is 3. The molecule has 0 saturated carbocycles. The van der Waals surface area contributed by atoms with Crippen molar-refractivity contribution >= 4 is 40.3 Å². The standard InChI is InChI=1S/C10H9BrO3S/c1-5(11)9(12)8-6(10(13)14)3-2-4-7(8)15/h2-5,15H,1H3,(H,13,14). The molecular weight excluding hydrogens is 280 g/mol. The van der Waals surface area contributed by atoms with Crippen molar-refractivity contribution in [2.24, 2.45) is 0 Å². The number of ketones is 1. The number of benzene rings is 1. The maximum Gasteiger partial charge on any atom is 0.336 e. The van der Waals surface area contributed by atoms with Crippen molar-refractivity contribution in [1.29, 1.82) is 0 Å². The second kappa shape index (κ2) is 4.81. The maximum absolute atomic E-state index is 11.7. The number of hydrogen-bond donors (Lipinski definition) is 2. The second-order valence-electron chi connectivity index (χ2n) is 2.99. The molecule has 80 valence electrons. The number of carbonyl (C=O) groups excluding carboxylic acids is 1. The van der Waals surface area contributed by atoms with Crippen LogP contribution in [0.2, 0.25) is 0 Å². The number of aromatic carboxylic acids is 1. The molecular formula is C10H9BrO3S. The van der Waals surface area contributed by atoms with Crippen molar-refractivity contribution in [2.75, 3.05) is 0 Å². The average molecular weight is 289 g/mol. The lowest BCUT2D eigenvalue weighted by atomic mass is 10.0. The first-order chi connectivity index (χ1) is 6.95. The Balaban J connectivity index is 3.37. The van der Waals surface area contributed by atoms with E-state index in [-0.39, 0.29) is 16.9 Å². The first-order valence-corrected chi connectivity index (χ1v) is 5.55. The summed E-state index contributed by atoms with van der Waals surface area (Å²) in [6, 6.07) is 4.55. The van der Waals surface area contributed by atoms with Gasteiger partial charge < -0.3 is 5.11 Å². The van der Waals surface area contributed by atoms with Crippen LogP contribution in [0.1, 0.15) is 27.6 Å². The van der Waals surface area contributed by atoms with Crippen molar-refractivity contribution in [3.8, 4) is 0 Å². The summed E-state index contributed by atoms with van der Waals surface area (Å²) in [4.78, 5) is 22.6. The summed E-state index contributed by atoms with van der Waals surface area (Å²) >= 11 is 7.21. The van der Waals surface area contributed by atoms with Crippen LogP contribution >= 0.6 is 28.6 Å². The highest BCUT2D eigenvalue weighted by molar-refractivity contribution is 9.10. The Morgan fingerprint density at radius 2 is 2.07 bits per heavy atom. The van der Waals surface area contributed by atoms with Gasteiger partial charge in [-0.3, -0.25) is 4.79 Å². The maximum atomic E-state index is 11.7. The van der Waals surface area contributed by atoms with E-state index < -0.39 is 10.8 Å². The van der Waals surface area contributed by atoms with E-state index in [0.29, 0.717) is 4.90 Å². The number of Topliss-reactive ketones (excluding diaryl/α,β-unsaturated/α-hetero) is 1. The van der Waals surface area contributed by atoms with Gasteiger partial charge in [0.25, 0.3) is 0 Å². The summed E-state index contributed by atoms with van der Waals surface area (Å²) in [6.07, 6.45) is 0. The average Bonchev–Trinajstić information content (AvgIpc) is 2.16. The lowest BCUT2D eigenvalue weighted by molar-refractivity contribution is 0.0691. The molecule has 0 aliphatic carbocycles. The third-order valence-corrected chi connectivity index (χ3v) is 2.67. The monoisotopic (exact) mass is 288 g/mol. The van der Waals surface area contributed by atoms with Crippen LogP contribution in [0, 0.1) is 0 Å². The molecule has 0 saturated heterocycles. The van der Waals surface area contributed by atoms with E-state index >= 15 is 0 Å². The molecule has 1 atom stereocenters.